The standard InChI is InChI=1S/C15H15BrF2N2O/c1-2-4-19-9-10-3-5-20-14(6-10)21-13-8-11(16)7-12(17)15(13)18/h3,5-8,19H,2,4,9H2,1H3. The number of nitrogens with one attached hydrogen (secondary N) is 1. The highest BCUT2D eigenvalue weighted by Gasteiger charge is 2.12. The summed E-state index contributed by atoms with van der Waals surface area (Å²) >= 11 is 3.10. The van der Waals surface area contributed by atoms with Gasteiger partial charge in [-0.15, -0.1) is 0 Å². The predicted octanol–water partition coefficient (Wildman–Crippen LogP) is 4.41. The van der Waals surface area contributed by atoms with Gasteiger partial charge in [-0.05, 0) is 36.7 Å². The summed E-state index contributed by atoms with van der Waals surface area (Å²) in [5, 5.41) is 3.25. The minimum absolute atomic E-state index is 0.201. The first kappa shape index (κ1) is 15.9. The van der Waals surface area contributed by atoms with E-state index in [2.05, 4.69) is 33.2 Å². The summed E-state index contributed by atoms with van der Waals surface area (Å²) in [6.45, 7) is 3.66. The maximum Gasteiger partial charge on any atom is 0.219 e. The normalized spacial score (nSPS) is 10.7. The molecule has 1 aromatic heterocycles. The third-order valence-electron chi connectivity index (χ3n) is 2.73. The molecule has 0 aliphatic heterocycles. The number of hydrogen-bond donors (Lipinski definition) is 1. The number of rotatable bonds is 6. The third kappa shape index (κ3) is 4.47. The largest absolute Gasteiger partial charge is 0.436 e. The lowest BCUT2D eigenvalue weighted by Crippen LogP contribution is -2.13. The molecule has 3 nitrogen and oxygen atoms in total. The Labute approximate surface area is 130 Å². The van der Waals surface area contributed by atoms with Crippen molar-refractivity contribution in [1.82, 2.24) is 10.3 Å². The van der Waals surface area contributed by atoms with Crippen molar-refractivity contribution in [3.05, 3.63) is 52.1 Å². The fraction of sp³-hybridized carbons (Fsp3) is 0.267. The summed E-state index contributed by atoms with van der Waals surface area (Å²) in [7, 11) is 0. The lowest BCUT2D eigenvalue weighted by molar-refractivity contribution is 0.404. The van der Waals surface area contributed by atoms with Crippen molar-refractivity contribution >= 4 is 15.9 Å². The summed E-state index contributed by atoms with van der Waals surface area (Å²) in [6, 6.07) is 5.94. The van der Waals surface area contributed by atoms with E-state index < -0.39 is 11.6 Å². The molecule has 0 amide bonds. The Bertz CT molecular complexity index is 623. The van der Waals surface area contributed by atoms with Gasteiger partial charge in [-0.25, -0.2) is 9.37 Å². The van der Waals surface area contributed by atoms with Gasteiger partial charge in [0.25, 0.3) is 0 Å². The summed E-state index contributed by atoms with van der Waals surface area (Å²) in [5.41, 5.74) is 0.962. The zero-order chi connectivity index (χ0) is 15.2. The molecule has 0 saturated carbocycles. The van der Waals surface area contributed by atoms with Crippen LogP contribution < -0.4 is 10.1 Å². The molecule has 0 radical (unpaired) electrons. The second kappa shape index (κ2) is 7.47. The average molecular weight is 357 g/mol. The molecule has 0 spiro atoms. The molecule has 0 fully saturated rings. The van der Waals surface area contributed by atoms with Gasteiger partial charge in [0.2, 0.25) is 11.7 Å². The van der Waals surface area contributed by atoms with E-state index in [0.717, 1.165) is 24.6 Å². The maximum atomic E-state index is 13.7. The first-order valence-corrected chi connectivity index (χ1v) is 7.37. The molecule has 2 aromatic rings. The second-order valence-corrected chi connectivity index (χ2v) is 5.40. The van der Waals surface area contributed by atoms with Gasteiger partial charge < -0.3 is 10.1 Å². The summed E-state index contributed by atoms with van der Waals surface area (Å²) in [6.07, 6.45) is 2.61. The summed E-state index contributed by atoms with van der Waals surface area (Å²) < 4.78 is 32.7. The maximum absolute atomic E-state index is 13.7. The molecule has 1 heterocycles. The van der Waals surface area contributed by atoms with Gasteiger partial charge in [0.15, 0.2) is 11.6 Å². The van der Waals surface area contributed by atoms with Crippen molar-refractivity contribution in [2.45, 2.75) is 19.9 Å². The Morgan fingerprint density at radius 3 is 2.86 bits per heavy atom. The number of nitrogens with zero attached hydrogens (tertiary/aromatic N) is 1. The SMILES string of the molecule is CCCNCc1ccnc(Oc2cc(Br)cc(F)c2F)c1. The third-order valence-corrected chi connectivity index (χ3v) is 3.19. The minimum Gasteiger partial charge on any atom is -0.436 e. The van der Waals surface area contributed by atoms with Crippen LogP contribution in [0.2, 0.25) is 0 Å². The van der Waals surface area contributed by atoms with E-state index in [4.69, 9.17) is 4.74 Å². The monoisotopic (exact) mass is 356 g/mol. The Kier molecular flexibility index (Phi) is 5.64. The van der Waals surface area contributed by atoms with Crippen molar-refractivity contribution in [1.29, 1.82) is 0 Å². The molecule has 2 rings (SSSR count). The zero-order valence-corrected chi connectivity index (χ0v) is 13.1. The smallest absolute Gasteiger partial charge is 0.219 e. The molecule has 1 N–H and O–H groups in total. The first-order valence-electron chi connectivity index (χ1n) is 6.58. The Morgan fingerprint density at radius 2 is 2.10 bits per heavy atom. The van der Waals surface area contributed by atoms with Crippen molar-refractivity contribution < 1.29 is 13.5 Å². The van der Waals surface area contributed by atoms with Gasteiger partial charge in [0, 0.05) is 23.3 Å². The molecular weight excluding hydrogens is 342 g/mol. The van der Waals surface area contributed by atoms with Crippen LogP contribution in [0, 0.1) is 11.6 Å². The van der Waals surface area contributed by atoms with Crippen molar-refractivity contribution in [3.63, 3.8) is 0 Å². The highest BCUT2D eigenvalue weighted by molar-refractivity contribution is 9.10. The molecule has 112 valence electrons. The lowest BCUT2D eigenvalue weighted by Gasteiger charge is -2.09. The van der Waals surface area contributed by atoms with Crippen LogP contribution in [0.4, 0.5) is 8.78 Å². The molecule has 1 aromatic carbocycles. The zero-order valence-electron chi connectivity index (χ0n) is 11.5. The highest BCUT2D eigenvalue weighted by atomic mass is 79.9. The van der Waals surface area contributed by atoms with Crippen LogP contribution in [-0.2, 0) is 6.54 Å². The fourth-order valence-corrected chi connectivity index (χ4v) is 2.15. The van der Waals surface area contributed by atoms with Crippen LogP contribution in [0.1, 0.15) is 18.9 Å². The number of halogens is 3. The van der Waals surface area contributed by atoms with Gasteiger partial charge in [0.1, 0.15) is 0 Å². The van der Waals surface area contributed by atoms with Crippen LogP contribution in [0.3, 0.4) is 0 Å². The topological polar surface area (TPSA) is 34.2 Å². The fourth-order valence-electron chi connectivity index (χ4n) is 1.75. The molecule has 0 saturated heterocycles. The van der Waals surface area contributed by atoms with E-state index in [1.165, 1.54) is 6.07 Å². The van der Waals surface area contributed by atoms with Gasteiger partial charge in [-0.3, -0.25) is 0 Å². The number of pyridine rings is 1. The van der Waals surface area contributed by atoms with E-state index in [1.54, 1.807) is 12.3 Å². The summed E-state index contributed by atoms with van der Waals surface area (Å²) in [5.74, 6) is -1.98. The van der Waals surface area contributed by atoms with E-state index in [-0.39, 0.29) is 11.6 Å². The first-order chi connectivity index (χ1) is 10.1. The van der Waals surface area contributed by atoms with Crippen LogP contribution >= 0.6 is 15.9 Å². The summed E-state index contributed by atoms with van der Waals surface area (Å²) in [4.78, 5) is 4.01. The van der Waals surface area contributed by atoms with Gasteiger partial charge in [0.05, 0.1) is 0 Å². The van der Waals surface area contributed by atoms with Gasteiger partial charge in [-0.1, -0.05) is 22.9 Å². The Morgan fingerprint density at radius 1 is 1.29 bits per heavy atom. The van der Waals surface area contributed by atoms with Crippen LogP contribution in [-0.4, -0.2) is 11.5 Å². The van der Waals surface area contributed by atoms with E-state index >= 15 is 0 Å². The molecule has 0 bridgehead atoms. The second-order valence-electron chi connectivity index (χ2n) is 4.48. The minimum atomic E-state index is -1.03. The number of ether oxygens (including phenoxy) is 1. The molecule has 0 unspecified atom stereocenters. The average Bonchev–Trinajstić information content (AvgIpc) is 2.45. The van der Waals surface area contributed by atoms with Crippen molar-refractivity contribution in [2.75, 3.05) is 6.54 Å². The van der Waals surface area contributed by atoms with Crippen LogP contribution in [0.5, 0.6) is 11.6 Å². The van der Waals surface area contributed by atoms with Crippen LogP contribution in [0.25, 0.3) is 0 Å². The molecule has 0 aliphatic rings. The lowest BCUT2D eigenvalue weighted by atomic mass is 10.2. The van der Waals surface area contributed by atoms with Gasteiger partial charge >= 0.3 is 0 Å². The molecule has 0 atom stereocenters. The van der Waals surface area contributed by atoms with E-state index in [9.17, 15) is 8.78 Å². The number of benzene rings is 1. The Hall–Kier alpha value is -1.53. The molecule has 0 aliphatic carbocycles. The highest BCUT2D eigenvalue weighted by Crippen LogP contribution is 2.28. The van der Waals surface area contributed by atoms with E-state index in [1.807, 2.05) is 6.07 Å². The number of hydrogen-bond acceptors (Lipinski definition) is 3. The molecule has 21 heavy (non-hydrogen) atoms. The van der Waals surface area contributed by atoms with Gasteiger partial charge in [-0.2, -0.15) is 4.39 Å². The van der Waals surface area contributed by atoms with E-state index in [0.29, 0.717) is 11.0 Å². The molecule has 6 heteroatoms. The van der Waals surface area contributed by atoms with Crippen molar-refractivity contribution in [3.8, 4) is 11.6 Å². The predicted molar refractivity (Wildman–Crippen MR) is 80.4 cm³/mol. The Balaban J connectivity index is 2.14. The number of aromatic nitrogens is 1. The quantitative estimate of drug-likeness (QED) is 0.614. The van der Waals surface area contributed by atoms with Crippen molar-refractivity contribution in [2.24, 2.45) is 0 Å². The molecular formula is C15H15BrF2N2O. The van der Waals surface area contributed by atoms with Crippen LogP contribution in [0.15, 0.2) is 34.9 Å².